The van der Waals surface area contributed by atoms with Crippen LogP contribution in [0, 0.1) is 5.82 Å². The number of aromatic nitrogens is 5. The Bertz CT molecular complexity index is 934. The molecule has 0 atom stereocenters. The smallest absolute Gasteiger partial charge is 0.191 e. The van der Waals surface area contributed by atoms with Crippen molar-refractivity contribution in [2.24, 2.45) is 0 Å². The number of fused-ring (bicyclic) bond motifs is 1. The average Bonchev–Trinajstić information content (AvgIpc) is 3.17. The molecule has 2 N–H and O–H groups in total. The van der Waals surface area contributed by atoms with Crippen molar-refractivity contribution in [3.05, 3.63) is 48.7 Å². The summed E-state index contributed by atoms with van der Waals surface area (Å²) in [5, 5.41) is 10.1. The highest BCUT2D eigenvalue weighted by Gasteiger charge is 2.10. The standard InChI is InChI=1S/C14H9FN6S/c15-9-2-1-5-16-12(9)21-14-20-11-4-3-10(19-13(11)22-14)8-6-17-18-7-8/h1-7H,(H,17,18)(H,16,20,21). The van der Waals surface area contributed by atoms with Crippen LogP contribution in [0.2, 0.25) is 0 Å². The molecule has 108 valence electrons. The van der Waals surface area contributed by atoms with Gasteiger partial charge in [0.1, 0.15) is 10.3 Å². The molecule has 0 aliphatic heterocycles. The molecular formula is C14H9FN6S. The molecule has 0 saturated heterocycles. The average molecular weight is 312 g/mol. The topological polar surface area (TPSA) is 79.4 Å². The maximum atomic E-state index is 13.6. The van der Waals surface area contributed by atoms with Crippen molar-refractivity contribution in [2.75, 3.05) is 5.32 Å². The largest absolute Gasteiger partial charge is 0.314 e. The fraction of sp³-hybridized carbons (Fsp3) is 0. The van der Waals surface area contributed by atoms with E-state index in [9.17, 15) is 4.39 Å². The van der Waals surface area contributed by atoms with E-state index < -0.39 is 5.82 Å². The van der Waals surface area contributed by atoms with E-state index >= 15 is 0 Å². The molecule has 4 heterocycles. The molecule has 8 heteroatoms. The van der Waals surface area contributed by atoms with Crippen LogP contribution >= 0.6 is 11.3 Å². The Morgan fingerprint density at radius 1 is 1.18 bits per heavy atom. The van der Waals surface area contributed by atoms with E-state index in [-0.39, 0.29) is 5.82 Å². The number of aromatic amines is 1. The third kappa shape index (κ3) is 2.29. The number of pyridine rings is 2. The fourth-order valence-corrected chi connectivity index (χ4v) is 2.84. The lowest BCUT2D eigenvalue weighted by Gasteiger charge is -2.00. The molecule has 0 bridgehead atoms. The Morgan fingerprint density at radius 3 is 2.95 bits per heavy atom. The first-order valence-corrected chi connectivity index (χ1v) is 7.25. The van der Waals surface area contributed by atoms with Gasteiger partial charge in [0.25, 0.3) is 0 Å². The molecule has 0 radical (unpaired) electrons. The van der Waals surface area contributed by atoms with Crippen molar-refractivity contribution >= 4 is 32.6 Å². The number of rotatable bonds is 3. The minimum absolute atomic E-state index is 0.150. The van der Waals surface area contributed by atoms with E-state index in [1.165, 1.54) is 29.7 Å². The van der Waals surface area contributed by atoms with Crippen molar-refractivity contribution in [3.8, 4) is 11.3 Å². The van der Waals surface area contributed by atoms with Crippen LogP contribution in [-0.4, -0.2) is 25.1 Å². The molecule has 0 amide bonds. The molecular weight excluding hydrogens is 303 g/mol. The molecule has 0 aliphatic rings. The van der Waals surface area contributed by atoms with Crippen LogP contribution in [0.15, 0.2) is 42.9 Å². The highest BCUT2D eigenvalue weighted by molar-refractivity contribution is 7.21. The third-order valence-corrected chi connectivity index (χ3v) is 3.91. The van der Waals surface area contributed by atoms with Crippen LogP contribution in [-0.2, 0) is 0 Å². The summed E-state index contributed by atoms with van der Waals surface area (Å²) in [4.78, 5) is 13.6. The molecule has 0 unspecified atom stereocenters. The number of hydrogen-bond donors (Lipinski definition) is 2. The van der Waals surface area contributed by atoms with Crippen LogP contribution < -0.4 is 5.32 Å². The van der Waals surface area contributed by atoms with E-state index in [0.717, 1.165) is 21.6 Å². The summed E-state index contributed by atoms with van der Waals surface area (Å²) in [7, 11) is 0. The highest BCUT2D eigenvalue weighted by atomic mass is 32.1. The molecule has 0 spiro atoms. The molecule has 4 aromatic rings. The molecule has 0 saturated carbocycles. The Kier molecular flexibility index (Phi) is 3.01. The van der Waals surface area contributed by atoms with Gasteiger partial charge in [-0.25, -0.2) is 19.3 Å². The van der Waals surface area contributed by atoms with Crippen molar-refractivity contribution in [1.82, 2.24) is 25.1 Å². The zero-order valence-corrected chi connectivity index (χ0v) is 11.9. The van der Waals surface area contributed by atoms with Crippen molar-refractivity contribution in [1.29, 1.82) is 0 Å². The van der Waals surface area contributed by atoms with Crippen LogP contribution in [0.3, 0.4) is 0 Å². The number of halogens is 1. The summed E-state index contributed by atoms with van der Waals surface area (Å²) in [6.07, 6.45) is 5.00. The van der Waals surface area contributed by atoms with Gasteiger partial charge < -0.3 is 5.32 Å². The van der Waals surface area contributed by atoms with Crippen LogP contribution in [0.1, 0.15) is 0 Å². The lowest BCUT2D eigenvalue weighted by atomic mass is 10.2. The number of anilines is 2. The second-order valence-electron chi connectivity index (χ2n) is 4.49. The van der Waals surface area contributed by atoms with Crippen LogP contribution in [0.5, 0.6) is 0 Å². The fourth-order valence-electron chi connectivity index (χ4n) is 2.00. The third-order valence-electron chi connectivity index (χ3n) is 3.03. The minimum Gasteiger partial charge on any atom is -0.314 e. The summed E-state index contributed by atoms with van der Waals surface area (Å²) < 4.78 is 13.6. The Morgan fingerprint density at radius 2 is 2.14 bits per heavy atom. The van der Waals surface area contributed by atoms with Crippen molar-refractivity contribution in [3.63, 3.8) is 0 Å². The molecule has 4 aromatic heterocycles. The second kappa shape index (κ2) is 5.15. The SMILES string of the molecule is Fc1cccnc1Nc1nc2ccc(-c3cn[nH]c3)nc2s1. The van der Waals surface area contributed by atoms with Crippen molar-refractivity contribution in [2.45, 2.75) is 0 Å². The first-order valence-electron chi connectivity index (χ1n) is 6.44. The van der Waals surface area contributed by atoms with E-state index in [2.05, 4.69) is 30.5 Å². The Balaban J connectivity index is 1.70. The van der Waals surface area contributed by atoms with Gasteiger partial charge in [0.15, 0.2) is 16.8 Å². The van der Waals surface area contributed by atoms with E-state index in [0.29, 0.717) is 5.13 Å². The predicted octanol–water partition coefficient (Wildman–Crippen LogP) is 3.36. The molecule has 22 heavy (non-hydrogen) atoms. The molecule has 0 fully saturated rings. The van der Waals surface area contributed by atoms with Gasteiger partial charge in [0.05, 0.1) is 11.9 Å². The zero-order chi connectivity index (χ0) is 14.9. The molecule has 0 aliphatic carbocycles. The summed E-state index contributed by atoms with van der Waals surface area (Å²) in [6, 6.07) is 6.63. The normalized spacial score (nSPS) is 11.0. The van der Waals surface area contributed by atoms with Gasteiger partial charge in [-0.05, 0) is 24.3 Å². The van der Waals surface area contributed by atoms with E-state index in [1.54, 1.807) is 12.4 Å². The van der Waals surface area contributed by atoms with Gasteiger partial charge in [-0.15, -0.1) is 0 Å². The van der Waals surface area contributed by atoms with Crippen LogP contribution in [0.4, 0.5) is 15.3 Å². The monoisotopic (exact) mass is 312 g/mol. The van der Waals surface area contributed by atoms with Gasteiger partial charge in [-0.2, -0.15) is 5.10 Å². The van der Waals surface area contributed by atoms with Gasteiger partial charge in [0.2, 0.25) is 0 Å². The summed E-state index contributed by atoms with van der Waals surface area (Å²) >= 11 is 1.34. The highest BCUT2D eigenvalue weighted by Crippen LogP contribution is 2.29. The first kappa shape index (κ1) is 12.8. The van der Waals surface area contributed by atoms with Gasteiger partial charge >= 0.3 is 0 Å². The predicted molar refractivity (Wildman–Crippen MR) is 82.5 cm³/mol. The summed E-state index contributed by atoms with van der Waals surface area (Å²) in [5.74, 6) is -0.273. The zero-order valence-electron chi connectivity index (χ0n) is 11.1. The maximum absolute atomic E-state index is 13.6. The lowest BCUT2D eigenvalue weighted by Crippen LogP contribution is -1.95. The lowest BCUT2D eigenvalue weighted by molar-refractivity contribution is 0.626. The molecule has 4 rings (SSSR count). The van der Waals surface area contributed by atoms with Gasteiger partial charge in [-0.1, -0.05) is 11.3 Å². The van der Waals surface area contributed by atoms with E-state index in [4.69, 9.17) is 0 Å². The van der Waals surface area contributed by atoms with Crippen LogP contribution in [0.25, 0.3) is 21.6 Å². The molecule has 0 aromatic carbocycles. The number of nitrogens with zero attached hydrogens (tertiary/aromatic N) is 4. The second-order valence-corrected chi connectivity index (χ2v) is 5.46. The summed E-state index contributed by atoms with van der Waals surface area (Å²) in [6.45, 7) is 0. The number of H-pyrrole nitrogens is 1. The van der Waals surface area contributed by atoms with Crippen molar-refractivity contribution < 1.29 is 4.39 Å². The maximum Gasteiger partial charge on any atom is 0.191 e. The van der Waals surface area contributed by atoms with Gasteiger partial charge in [0, 0.05) is 18.0 Å². The minimum atomic E-state index is -0.422. The van der Waals surface area contributed by atoms with E-state index in [1.807, 2.05) is 12.1 Å². The quantitative estimate of drug-likeness (QED) is 0.606. The number of nitrogens with one attached hydrogen (secondary N) is 2. The molecule has 6 nitrogen and oxygen atoms in total. The Hall–Kier alpha value is -2.87. The Labute approximate surface area is 128 Å². The number of thiazole rings is 1. The number of hydrogen-bond acceptors (Lipinski definition) is 6. The van der Waals surface area contributed by atoms with Gasteiger partial charge in [-0.3, -0.25) is 5.10 Å². The summed E-state index contributed by atoms with van der Waals surface area (Å²) in [5.41, 5.74) is 2.46. The first-order chi connectivity index (χ1) is 10.8.